The van der Waals surface area contributed by atoms with Gasteiger partial charge in [-0.1, -0.05) is 37.7 Å². The summed E-state index contributed by atoms with van der Waals surface area (Å²) in [5.41, 5.74) is 4.90. The van der Waals surface area contributed by atoms with Crippen molar-refractivity contribution in [3.8, 4) is 11.5 Å². The summed E-state index contributed by atoms with van der Waals surface area (Å²) in [4.78, 5) is 11.8. The highest BCUT2D eigenvalue weighted by molar-refractivity contribution is 6.83. The van der Waals surface area contributed by atoms with Gasteiger partial charge in [-0.2, -0.15) is 0 Å². The monoisotopic (exact) mass is 317 g/mol. The van der Waals surface area contributed by atoms with Crippen LogP contribution in [-0.4, -0.2) is 19.8 Å². The number of alkyl carbamates (subject to hydrolysis) is 1. The van der Waals surface area contributed by atoms with Crippen LogP contribution in [0.5, 0.6) is 0 Å². The van der Waals surface area contributed by atoms with Crippen molar-refractivity contribution in [2.24, 2.45) is 0 Å². The third kappa shape index (κ3) is 7.33. The molecule has 0 unspecified atom stereocenters. The molecule has 0 aliphatic carbocycles. The fourth-order valence-electron chi connectivity index (χ4n) is 1.68. The molecule has 0 aliphatic heterocycles. The average molecular weight is 318 g/mol. The topological polar surface area (TPSA) is 38.3 Å². The molecular weight excluding hydrogens is 290 g/mol. The molecule has 0 heterocycles. The van der Waals surface area contributed by atoms with Crippen LogP contribution in [0.1, 0.15) is 44.9 Å². The second kappa shape index (κ2) is 7.02. The predicted molar refractivity (Wildman–Crippen MR) is 94.5 cm³/mol. The van der Waals surface area contributed by atoms with Crippen LogP contribution in [0.2, 0.25) is 19.6 Å². The zero-order chi connectivity index (χ0) is 17.0. The van der Waals surface area contributed by atoms with Crippen molar-refractivity contribution in [1.82, 2.24) is 5.32 Å². The fourth-order valence-corrected chi connectivity index (χ4v) is 2.20. The summed E-state index contributed by atoms with van der Waals surface area (Å²) in [6.07, 6.45) is -0.400. The van der Waals surface area contributed by atoms with Gasteiger partial charge in [0.1, 0.15) is 13.7 Å². The quantitative estimate of drug-likeness (QED) is 0.644. The van der Waals surface area contributed by atoms with Crippen molar-refractivity contribution in [1.29, 1.82) is 0 Å². The lowest BCUT2D eigenvalue weighted by atomic mass is 10.1. The van der Waals surface area contributed by atoms with Gasteiger partial charge in [0.2, 0.25) is 0 Å². The first-order valence-corrected chi connectivity index (χ1v) is 11.1. The molecule has 0 saturated carbocycles. The SMILES string of the molecule is C[C@H](NC(=O)OC(C)(C)C)c1ccc(C#C[Si](C)(C)C)cc1. The smallest absolute Gasteiger partial charge is 0.408 e. The highest BCUT2D eigenvalue weighted by Crippen LogP contribution is 2.15. The van der Waals surface area contributed by atoms with Crippen molar-refractivity contribution in [2.45, 2.75) is 59.0 Å². The summed E-state index contributed by atoms with van der Waals surface area (Å²) >= 11 is 0. The van der Waals surface area contributed by atoms with E-state index in [2.05, 4.69) is 36.4 Å². The first-order valence-electron chi connectivity index (χ1n) is 7.59. The van der Waals surface area contributed by atoms with Crippen molar-refractivity contribution >= 4 is 14.2 Å². The number of carbonyl (C=O) groups excluding carboxylic acids is 1. The molecule has 120 valence electrons. The van der Waals surface area contributed by atoms with Crippen molar-refractivity contribution in [3.05, 3.63) is 35.4 Å². The lowest BCUT2D eigenvalue weighted by molar-refractivity contribution is 0.0508. The van der Waals surface area contributed by atoms with Gasteiger partial charge in [0.15, 0.2) is 0 Å². The van der Waals surface area contributed by atoms with Crippen LogP contribution < -0.4 is 5.32 Å². The minimum atomic E-state index is -1.35. The molecule has 0 radical (unpaired) electrons. The van der Waals surface area contributed by atoms with Gasteiger partial charge in [-0.3, -0.25) is 0 Å². The van der Waals surface area contributed by atoms with Gasteiger partial charge in [-0.15, -0.1) is 5.54 Å². The minimum Gasteiger partial charge on any atom is -0.444 e. The Balaban J connectivity index is 2.70. The molecule has 22 heavy (non-hydrogen) atoms. The molecule has 0 aliphatic rings. The molecule has 0 bridgehead atoms. The van der Waals surface area contributed by atoms with Gasteiger partial charge in [-0.25, -0.2) is 4.79 Å². The first kappa shape index (κ1) is 18.3. The highest BCUT2D eigenvalue weighted by atomic mass is 28.3. The van der Waals surface area contributed by atoms with Crippen molar-refractivity contribution in [2.75, 3.05) is 0 Å². The Labute approximate surface area is 135 Å². The molecule has 1 atom stereocenters. The van der Waals surface area contributed by atoms with Crippen molar-refractivity contribution in [3.63, 3.8) is 0 Å². The van der Waals surface area contributed by atoms with Crippen LogP contribution >= 0.6 is 0 Å². The summed E-state index contributed by atoms with van der Waals surface area (Å²) in [6.45, 7) is 14.2. The number of hydrogen-bond donors (Lipinski definition) is 1. The van der Waals surface area contributed by atoms with Gasteiger partial charge < -0.3 is 10.1 Å². The van der Waals surface area contributed by atoms with Crippen LogP contribution in [-0.2, 0) is 4.74 Å². The molecule has 1 amide bonds. The lowest BCUT2D eigenvalue weighted by Gasteiger charge is -2.22. The minimum absolute atomic E-state index is 0.103. The molecule has 0 spiro atoms. The molecule has 1 aromatic rings. The average Bonchev–Trinajstić information content (AvgIpc) is 2.33. The normalized spacial score (nSPS) is 12.9. The standard InChI is InChI=1S/C18H27NO2Si/c1-14(19-17(20)21-18(2,3)4)16-10-8-15(9-11-16)12-13-22(5,6)7/h8-11,14H,1-7H3,(H,19,20)/t14-/m0/s1. The molecule has 4 heteroatoms. The van der Waals surface area contributed by atoms with E-state index in [0.29, 0.717) is 0 Å². The van der Waals surface area contributed by atoms with E-state index in [4.69, 9.17) is 4.74 Å². The number of amides is 1. The maximum atomic E-state index is 11.8. The van der Waals surface area contributed by atoms with Gasteiger partial charge in [0.25, 0.3) is 0 Å². The Morgan fingerprint density at radius 2 is 1.73 bits per heavy atom. The third-order valence-corrected chi connectivity index (χ3v) is 3.60. The summed E-state index contributed by atoms with van der Waals surface area (Å²) in [7, 11) is -1.35. The van der Waals surface area contributed by atoms with E-state index in [1.54, 1.807) is 0 Å². The second-order valence-electron chi connectivity index (χ2n) is 7.49. The van der Waals surface area contributed by atoms with Crippen LogP contribution in [0.4, 0.5) is 4.79 Å². The Morgan fingerprint density at radius 1 is 1.18 bits per heavy atom. The molecule has 0 fully saturated rings. The zero-order valence-electron chi connectivity index (χ0n) is 14.7. The van der Waals surface area contributed by atoms with E-state index in [1.165, 1.54) is 0 Å². The largest absolute Gasteiger partial charge is 0.444 e. The van der Waals surface area contributed by atoms with E-state index in [1.807, 2.05) is 52.0 Å². The maximum Gasteiger partial charge on any atom is 0.408 e. The maximum absolute atomic E-state index is 11.8. The van der Waals surface area contributed by atoms with Gasteiger partial charge in [0.05, 0.1) is 6.04 Å². The summed E-state index contributed by atoms with van der Waals surface area (Å²) in [5.74, 6) is 3.22. The lowest BCUT2D eigenvalue weighted by Crippen LogP contribution is -2.34. The van der Waals surface area contributed by atoms with Crippen LogP contribution in [0.25, 0.3) is 0 Å². The number of nitrogens with one attached hydrogen (secondary N) is 1. The molecule has 0 aromatic heterocycles. The zero-order valence-corrected chi connectivity index (χ0v) is 15.7. The van der Waals surface area contributed by atoms with Gasteiger partial charge in [0, 0.05) is 5.56 Å². The molecule has 0 saturated heterocycles. The second-order valence-corrected chi connectivity index (χ2v) is 12.2. The summed E-state index contributed by atoms with van der Waals surface area (Å²) in [6, 6.07) is 7.88. The number of hydrogen-bond acceptors (Lipinski definition) is 2. The van der Waals surface area contributed by atoms with Gasteiger partial charge >= 0.3 is 6.09 Å². The molecule has 3 nitrogen and oxygen atoms in total. The van der Waals surface area contributed by atoms with Gasteiger partial charge in [-0.05, 0) is 45.4 Å². The number of carbonyl (C=O) groups is 1. The summed E-state index contributed by atoms with van der Waals surface area (Å²) < 4.78 is 5.26. The number of benzene rings is 1. The fraction of sp³-hybridized carbons (Fsp3) is 0.500. The third-order valence-electron chi connectivity index (χ3n) is 2.73. The molecule has 1 N–H and O–H groups in total. The predicted octanol–water partition coefficient (Wildman–Crippen LogP) is 4.50. The molecular formula is C18H27NO2Si. The first-order chi connectivity index (χ1) is 9.96. The number of ether oxygens (including phenoxy) is 1. The Bertz CT molecular complexity index is 568. The Hall–Kier alpha value is -1.73. The van der Waals surface area contributed by atoms with Crippen LogP contribution in [0.3, 0.4) is 0 Å². The highest BCUT2D eigenvalue weighted by Gasteiger charge is 2.18. The Morgan fingerprint density at radius 3 is 2.18 bits per heavy atom. The van der Waals surface area contributed by atoms with E-state index in [9.17, 15) is 4.79 Å². The van der Waals surface area contributed by atoms with E-state index < -0.39 is 19.8 Å². The summed E-state index contributed by atoms with van der Waals surface area (Å²) in [5, 5.41) is 2.84. The van der Waals surface area contributed by atoms with E-state index in [0.717, 1.165) is 11.1 Å². The molecule has 1 rings (SSSR count). The van der Waals surface area contributed by atoms with E-state index >= 15 is 0 Å². The van der Waals surface area contributed by atoms with Crippen LogP contribution in [0, 0.1) is 11.5 Å². The molecule has 1 aromatic carbocycles. The van der Waals surface area contributed by atoms with Crippen molar-refractivity contribution < 1.29 is 9.53 Å². The van der Waals surface area contributed by atoms with E-state index in [-0.39, 0.29) is 6.04 Å². The Kier molecular flexibility index (Phi) is 5.84. The number of rotatable bonds is 2. The van der Waals surface area contributed by atoms with Crippen LogP contribution in [0.15, 0.2) is 24.3 Å².